The molecule has 6 heteroatoms. The molecule has 0 bridgehead atoms. The third kappa shape index (κ3) is 3.27. The van der Waals surface area contributed by atoms with Crippen LogP contribution in [0.2, 0.25) is 0 Å². The molecule has 0 radical (unpaired) electrons. The first-order valence-corrected chi connectivity index (χ1v) is 7.49. The second kappa shape index (κ2) is 6.26. The number of imidazole rings is 1. The minimum Gasteiger partial charge on any atom is -0.360 e. The molecule has 3 rings (SSSR count). The normalized spacial score (nSPS) is 11.3. The molecule has 2 heterocycles. The zero-order valence-electron chi connectivity index (χ0n) is 13.6. The minimum absolute atomic E-state index is 0.115. The molecule has 6 nitrogen and oxygen atoms in total. The Morgan fingerprint density at radius 2 is 1.96 bits per heavy atom. The second-order valence-corrected chi connectivity index (χ2v) is 5.80. The molecule has 0 amide bonds. The van der Waals surface area contributed by atoms with Gasteiger partial charge in [0.05, 0.1) is 6.67 Å². The summed E-state index contributed by atoms with van der Waals surface area (Å²) in [5.74, 6) is 1.20. The summed E-state index contributed by atoms with van der Waals surface area (Å²) in [6.07, 6.45) is 1.84. The Kier molecular flexibility index (Phi) is 4.16. The van der Waals surface area contributed by atoms with Crippen molar-refractivity contribution in [3.63, 3.8) is 0 Å². The highest BCUT2D eigenvalue weighted by Gasteiger charge is 2.14. The van der Waals surface area contributed by atoms with Crippen molar-refractivity contribution in [3.8, 4) is 5.82 Å². The summed E-state index contributed by atoms with van der Waals surface area (Å²) in [5, 5.41) is 3.93. The number of aryl methyl sites for hydroxylation is 2. The van der Waals surface area contributed by atoms with E-state index in [9.17, 15) is 4.79 Å². The maximum Gasteiger partial charge on any atom is 0.335 e. The first-order chi connectivity index (χ1) is 11.0. The zero-order chi connectivity index (χ0) is 16.4. The standard InChI is InChI=1S/C17H20N4O2/c1-13-10-20(12-19(3)11-15-7-5-4-6-8-15)17(22)21(13)16-9-14(2)23-18-16/h4-10H,11-12H2,1-3H3. The first kappa shape index (κ1) is 15.3. The molecule has 0 aliphatic carbocycles. The lowest BCUT2D eigenvalue weighted by atomic mass is 10.2. The van der Waals surface area contributed by atoms with Crippen LogP contribution < -0.4 is 5.69 Å². The van der Waals surface area contributed by atoms with Crippen LogP contribution in [-0.2, 0) is 13.2 Å². The van der Waals surface area contributed by atoms with E-state index in [4.69, 9.17) is 4.52 Å². The van der Waals surface area contributed by atoms with Crippen LogP contribution >= 0.6 is 0 Å². The smallest absolute Gasteiger partial charge is 0.335 e. The molecule has 0 atom stereocenters. The van der Waals surface area contributed by atoms with Gasteiger partial charge >= 0.3 is 5.69 Å². The van der Waals surface area contributed by atoms with Gasteiger partial charge in [0.2, 0.25) is 0 Å². The highest BCUT2D eigenvalue weighted by Crippen LogP contribution is 2.10. The van der Waals surface area contributed by atoms with Crippen molar-refractivity contribution in [2.24, 2.45) is 0 Å². The topological polar surface area (TPSA) is 56.2 Å². The molecular formula is C17H20N4O2. The van der Waals surface area contributed by atoms with Crippen LogP contribution in [-0.4, -0.2) is 26.2 Å². The maximum atomic E-state index is 12.6. The van der Waals surface area contributed by atoms with E-state index in [0.29, 0.717) is 18.2 Å². The van der Waals surface area contributed by atoms with E-state index < -0.39 is 0 Å². The van der Waals surface area contributed by atoms with Crippen molar-refractivity contribution in [2.75, 3.05) is 7.05 Å². The van der Waals surface area contributed by atoms with E-state index in [1.165, 1.54) is 5.56 Å². The number of hydrogen-bond donors (Lipinski definition) is 0. The SMILES string of the molecule is Cc1cc(-n2c(C)cn(CN(C)Cc3ccccc3)c2=O)no1. The Bertz CT molecular complexity index is 845. The summed E-state index contributed by atoms with van der Waals surface area (Å²) in [7, 11) is 1.99. The molecule has 0 spiro atoms. The summed E-state index contributed by atoms with van der Waals surface area (Å²) >= 11 is 0. The number of nitrogens with zero attached hydrogens (tertiary/aromatic N) is 4. The van der Waals surface area contributed by atoms with Crippen molar-refractivity contribution in [1.82, 2.24) is 19.2 Å². The van der Waals surface area contributed by atoms with E-state index in [-0.39, 0.29) is 5.69 Å². The number of benzene rings is 1. The fourth-order valence-corrected chi connectivity index (χ4v) is 2.66. The van der Waals surface area contributed by atoms with Gasteiger partial charge in [-0.15, -0.1) is 0 Å². The molecule has 1 aromatic carbocycles. The molecule has 120 valence electrons. The fraction of sp³-hybridized carbons (Fsp3) is 0.294. The zero-order valence-corrected chi connectivity index (χ0v) is 13.6. The lowest BCUT2D eigenvalue weighted by molar-refractivity contribution is 0.256. The molecule has 3 aromatic rings. The molecule has 2 aromatic heterocycles. The Morgan fingerprint density at radius 1 is 1.22 bits per heavy atom. The van der Waals surface area contributed by atoms with Gasteiger partial charge in [-0.25, -0.2) is 9.36 Å². The van der Waals surface area contributed by atoms with E-state index in [1.807, 2.05) is 45.3 Å². The van der Waals surface area contributed by atoms with Crippen molar-refractivity contribution < 1.29 is 4.52 Å². The minimum atomic E-state index is -0.115. The third-order valence-corrected chi connectivity index (χ3v) is 3.67. The van der Waals surface area contributed by atoms with Crippen LogP contribution in [0.1, 0.15) is 17.0 Å². The highest BCUT2D eigenvalue weighted by atomic mass is 16.5. The summed E-state index contributed by atoms with van der Waals surface area (Å²) in [6.45, 7) is 4.99. The molecule has 0 unspecified atom stereocenters. The van der Waals surface area contributed by atoms with Crippen LogP contribution in [0.4, 0.5) is 0 Å². The molecule has 0 saturated heterocycles. The molecule has 23 heavy (non-hydrogen) atoms. The molecule has 0 aliphatic rings. The van der Waals surface area contributed by atoms with E-state index in [1.54, 1.807) is 15.2 Å². The van der Waals surface area contributed by atoms with Gasteiger partial charge in [-0.2, -0.15) is 0 Å². The molecule has 0 aliphatic heterocycles. The van der Waals surface area contributed by atoms with Crippen LogP contribution in [0.5, 0.6) is 0 Å². The number of rotatable bonds is 5. The molecule has 0 fully saturated rings. The van der Waals surface area contributed by atoms with E-state index >= 15 is 0 Å². The van der Waals surface area contributed by atoms with Crippen LogP contribution in [0.25, 0.3) is 5.82 Å². The van der Waals surface area contributed by atoms with Crippen molar-refractivity contribution in [3.05, 3.63) is 70.1 Å². The van der Waals surface area contributed by atoms with E-state index in [2.05, 4.69) is 22.2 Å². The number of aromatic nitrogens is 3. The fourth-order valence-electron chi connectivity index (χ4n) is 2.66. The first-order valence-electron chi connectivity index (χ1n) is 7.49. The predicted molar refractivity (Wildman–Crippen MR) is 87.5 cm³/mol. The van der Waals surface area contributed by atoms with Crippen molar-refractivity contribution in [2.45, 2.75) is 27.1 Å². The predicted octanol–water partition coefficient (Wildman–Crippen LogP) is 2.33. The lowest BCUT2D eigenvalue weighted by Crippen LogP contribution is -2.30. The summed E-state index contributed by atoms with van der Waals surface area (Å²) in [4.78, 5) is 14.7. The van der Waals surface area contributed by atoms with Gasteiger partial charge in [-0.1, -0.05) is 35.5 Å². The van der Waals surface area contributed by atoms with Crippen molar-refractivity contribution >= 4 is 0 Å². The largest absolute Gasteiger partial charge is 0.360 e. The van der Waals surface area contributed by atoms with Crippen molar-refractivity contribution in [1.29, 1.82) is 0 Å². The van der Waals surface area contributed by atoms with Gasteiger partial charge in [0.25, 0.3) is 0 Å². The van der Waals surface area contributed by atoms with Crippen LogP contribution in [0.3, 0.4) is 0 Å². The Balaban J connectivity index is 1.80. The van der Waals surface area contributed by atoms with Gasteiger partial charge in [-0.3, -0.25) is 9.47 Å². The third-order valence-electron chi connectivity index (χ3n) is 3.67. The van der Waals surface area contributed by atoms with E-state index in [0.717, 1.165) is 12.2 Å². The van der Waals surface area contributed by atoms with Gasteiger partial charge in [0, 0.05) is 24.5 Å². The summed E-state index contributed by atoms with van der Waals surface area (Å²) in [6, 6.07) is 11.9. The summed E-state index contributed by atoms with van der Waals surface area (Å²) < 4.78 is 8.31. The van der Waals surface area contributed by atoms with Gasteiger partial charge in [0.1, 0.15) is 5.76 Å². The Hall–Kier alpha value is -2.60. The molecule has 0 N–H and O–H groups in total. The highest BCUT2D eigenvalue weighted by molar-refractivity contribution is 5.25. The quantitative estimate of drug-likeness (QED) is 0.725. The van der Waals surface area contributed by atoms with Gasteiger partial charge in [0.15, 0.2) is 5.82 Å². The second-order valence-electron chi connectivity index (χ2n) is 5.80. The Labute approximate surface area is 134 Å². The monoisotopic (exact) mass is 312 g/mol. The van der Waals surface area contributed by atoms with Crippen LogP contribution in [0.15, 0.2) is 51.9 Å². The molecule has 0 saturated carbocycles. The summed E-state index contributed by atoms with van der Waals surface area (Å²) in [5.41, 5.74) is 1.93. The van der Waals surface area contributed by atoms with Crippen LogP contribution in [0, 0.1) is 13.8 Å². The van der Waals surface area contributed by atoms with Gasteiger partial charge in [-0.05, 0) is 26.5 Å². The maximum absolute atomic E-state index is 12.6. The average molecular weight is 312 g/mol. The average Bonchev–Trinajstić information content (AvgIpc) is 3.04. The molecular weight excluding hydrogens is 292 g/mol. The number of hydrogen-bond acceptors (Lipinski definition) is 4. The Morgan fingerprint density at radius 3 is 2.61 bits per heavy atom. The van der Waals surface area contributed by atoms with Gasteiger partial charge < -0.3 is 4.52 Å². The lowest BCUT2D eigenvalue weighted by Gasteiger charge is -2.16.